The molecule has 3 nitrogen and oxygen atoms in total. The normalized spacial score (nSPS) is 41.4. The quantitative estimate of drug-likeness (QED) is 0.856. The molecule has 19 heavy (non-hydrogen) atoms. The summed E-state index contributed by atoms with van der Waals surface area (Å²) in [6.45, 7) is 0. The van der Waals surface area contributed by atoms with Crippen LogP contribution in [0.3, 0.4) is 0 Å². The van der Waals surface area contributed by atoms with Gasteiger partial charge in [0.15, 0.2) is 0 Å². The first-order valence-corrected chi connectivity index (χ1v) is 7.61. The number of nitrogens with zero attached hydrogens (tertiary/aromatic N) is 1. The molecule has 1 aromatic rings. The van der Waals surface area contributed by atoms with Gasteiger partial charge >= 0.3 is 0 Å². The maximum absolute atomic E-state index is 6.67. The molecule has 1 aromatic heterocycles. The minimum absolute atomic E-state index is 0.0783. The lowest BCUT2D eigenvalue weighted by Gasteiger charge is -2.59. The zero-order valence-corrected chi connectivity index (χ0v) is 11.4. The summed E-state index contributed by atoms with van der Waals surface area (Å²) in [5.74, 6) is 2.78. The lowest BCUT2D eigenvalue weighted by Crippen LogP contribution is -2.51. The van der Waals surface area contributed by atoms with E-state index in [1.54, 1.807) is 6.20 Å². The van der Waals surface area contributed by atoms with Crippen molar-refractivity contribution in [3.8, 4) is 0 Å². The van der Waals surface area contributed by atoms with Gasteiger partial charge in [0.1, 0.15) is 0 Å². The van der Waals surface area contributed by atoms with E-state index in [0.29, 0.717) is 5.41 Å². The van der Waals surface area contributed by atoms with Gasteiger partial charge in [-0.1, -0.05) is 0 Å². The third-order valence-electron chi connectivity index (χ3n) is 5.97. The molecule has 0 spiro atoms. The van der Waals surface area contributed by atoms with Crippen LogP contribution in [0.4, 0.5) is 5.69 Å². The number of aromatic nitrogens is 1. The summed E-state index contributed by atoms with van der Waals surface area (Å²) < 4.78 is 0. The van der Waals surface area contributed by atoms with Gasteiger partial charge in [-0.05, 0) is 67.8 Å². The van der Waals surface area contributed by atoms with Crippen molar-refractivity contribution < 1.29 is 0 Å². The van der Waals surface area contributed by atoms with Gasteiger partial charge in [0.25, 0.3) is 0 Å². The van der Waals surface area contributed by atoms with Crippen molar-refractivity contribution in [3.63, 3.8) is 0 Å². The molecule has 0 amide bonds. The summed E-state index contributed by atoms with van der Waals surface area (Å²) in [6.07, 6.45) is 11.9. The molecule has 4 aliphatic carbocycles. The van der Waals surface area contributed by atoms with Crippen molar-refractivity contribution in [1.82, 2.24) is 4.98 Å². The number of hydrogen-bond donors (Lipinski definition) is 2. The molecule has 4 N–H and O–H groups in total. The summed E-state index contributed by atoms with van der Waals surface area (Å²) >= 11 is 0. The second-order valence-electron chi connectivity index (χ2n) is 7.26. The number of nitrogens with two attached hydrogens (primary N) is 2. The molecule has 4 saturated carbocycles. The van der Waals surface area contributed by atoms with Crippen LogP contribution >= 0.6 is 0 Å². The van der Waals surface area contributed by atoms with Gasteiger partial charge in [-0.2, -0.15) is 0 Å². The highest BCUT2D eigenvalue weighted by Gasteiger charge is 2.53. The molecule has 1 heterocycles. The fourth-order valence-electron chi connectivity index (χ4n) is 5.57. The second kappa shape index (κ2) is 3.95. The summed E-state index contributed by atoms with van der Waals surface area (Å²) in [5, 5.41) is 0. The largest absolute Gasteiger partial charge is 0.398 e. The Morgan fingerprint density at radius 2 is 1.68 bits per heavy atom. The molecule has 5 rings (SSSR count). The molecule has 4 bridgehead atoms. The average molecular weight is 257 g/mol. The Hall–Kier alpha value is -1.09. The Morgan fingerprint density at radius 1 is 1.11 bits per heavy atom. The SMILES string of the molecule is Nc1ccncc1C(N)C12CC3CC(CC(C3)C1)C2. The fraction of sp³-hybridized carbons (Fsp3) is 0.688. The van der Waals surface area contributed by atoms with Gasteiger partial charge in [0, 0.05) is 29.7 Å². The minimum atomic E-state index is 0.0783. The highest BCUT2D eigenvalue weighted by atomic mass is 14.8. The summed E-state index contributed by atoms with van der Waals surface area (Å²) in [6, 6.07) is 1.96. The first kappa shape index (κ1) is 11.7. The highest BCUT2D eigenvalue weighted by molar-refractivity contribution is 5.47. The standard InChI is InChI=1S/C16H23N3/c17-14-1-2-19-9-13(14)15(18)16-6-10-3-11(7-16)5-12(4-10)8-16/h1-2,9-12,15H,3-8,18H2,(H2,17,19). The third kappa shape index (κ3) is 1.71. The molecule has 0 radical (unpaired) electrons. The molecule has 102 valence electrons. The summed E-state index contributed by atoms with van der Waals surface area (Å²) in [5.41, 5.74) is 15.0. The first-order chi connectivity index (χ1) is 9.16. The lowest BCUT2D eigenvalue weighted by molar-refractivity contribution is -0.0677. The van der Waals surface area contributed by atoms with E-state index in [0.717, 1.165) is 29.0 Å². The Bertz CT molecular complexity index is 461. The Labute approximate surface area is 114 Å². The number of hydrogen-bond acceptors (Lipinski definition) is 3. The molecule has 3 heteroatoms. The van der Waals surface area contributed by atoms with Crippen LogP contribution in [0.25, 0.3) is 0 Å². The number of nitrogen functional groups attached to an aromatic ring is 1. The van der Waals surface area contributed by atoms with Crippen molar-refractivity contribution in [1.29, 1.82) is 0 Å². The molecule has 0 saturated heterocycles. The summed E-state index contributed by atoms with van der Waals surface area (Å²) in [4.78, 5) is 4.23. The van der Waals surface area contributed by atoms with Gasteiger partial charge in [-0.15, -0.1) is 0 Å². The van der Waals surface area contributed by atoms with Gasteiger partial charge in [0.05, 0.1) is 0 Å². The highest BCUT2D eigenvalue weighted by Crippen LogP contribution is 2.63. The van der Waals surface area contributed by atoms with Gasteiger partial charge < -0.3 is 11.5 Å². The maximum atomic E-state index is 6.67. The van der Waals surface area contributed by atoms with Crippen LogP contribution in [-0.2, 0) is 0 Å². The van der Waals surface area contributed by atoms with E-state index in [9.17, 15) is 0 Å². The number of anilines is 1. The second-order valence-corrected chi connectivity index (χ2v) is 7.26. The van der Waals surface area contributed by atoms with Crippen molar-refractivity contribution in [2.24, 2.45) is 28.9 Å². The van der Waals surface area contributed by atoms with E-state index in [-0.39, 0.29) is 6.04 Å². The molecule has 4 aliphatic rings. The van der Waals surface area contributed by atoms with Gasteiger partial charge in [-0.25, -0.2) is 0 Å². The lowest BCUT2D eigenvalue weighted by atomic mass is 9.47. The van der Waals surface area contributed by atoms with E-state index in [4.69, 9.17) is 11.5 Å². The van der Waals surface area contributed by atoms with E-state index in [1.807, 2.05) is 12.3 Å². The molecular weight excluding hydrogens is 234 g/mol. The van der Waals surface area contributed by atoms with Crippen molar-refractivity contribution in [2.75, 3.05) is 5.73 Å². The van der Waals surface area contributed by atoms with Crippen LogP contribution in [0, 0.1) is 23.2 Å². The molecule has 0 aromatic carbocycles. The molecule has 1 atom stereocenters. The molecule has 0 aliphatic heterocycles. The van der Waals surface area contributed by atoms with Gasteiger partial charge in [0.2, 0.25) is 0 Å². The average Bonchev–Trinajstić information content (AvgIpc) is 2.37. The Kier molecular flexibility index (Phi) is 2.44. The van der Waals surface area contributed by atoms with Crippen LogP contribution in [0.5, 0.6) is 0 Å². The van der Waals surface area contributed by atoms with Crippen LogP contribution in [0.1, 0.15) is 50.1 Å². The monoisotopic (exact) mass is 257 g/mol. The predicted molar refractivity (Wildman–Crippen MR) is 76.2 cm³/mol. The zero-order chi connectivity index (χ0) is 13.0. The summed E-state index contributed by atoms with van der Waals surface area (Å²) in [7, 11) is 0. The van der Waals surface area contributed by atoms with E-state index in [1.165, 1.54) is 38.5 Å². The van der Waals surface area contributed by atoms with Crippen LogP contribution in [-0.4, -0.2) is 4.98 Å². The molecular formula is C16H23N3. The Morgan fingerprint density at radius 3 is 2.21 bits per heavy atom. The van der Waals surface area contributed by atoms with Crippen LogP contribution in [0.15, 0.2) is 18.5 Å². The number of rotatable bonds is 2. The van der Waals surface area contributed by atoms with E-state index in [2.05, 4.69) is 4.98 Å². The van der Waals surface area contributed by atoms with Crippen molar-refractivity contribution in [2.45, 2.75) is 44.6 Å². The number of pyridine rings is 1. The van der Waals surface area contributed by atoms with E-state index >= 15 is 0 Å². The smallest absolute Gasteiger partial charge is 0.0393 e. The minimum Gasteiger partial charge on any atom is -0.398 e. The molecule has 1 unspecified atom stereocenters. The molecule has 4 fully saturated rings. The topological polar surface area (TPSA) is 64.9 Å². The van der Waals surface area contributed by atoms with Gasteiger partial charge in [-0.3, -0.25) is 4.98 Å². The third-order valence-corrected chi connectivity index (χ3v) is 5.97. The van der Waals surface area contributed by atoms with Crippen LogP contribution in [0.2, 0.25) is 0 Å². The van der Waals surface area contributed by atoms with Crippen LogP contribution < -0.4 is 11.5 Å². The fourth-order valence-corrected chi connectivity index (χ4v) is 5.57. The van der Waals surface area contributed by atoms with E-state index < -0.39 is 0 Å². The predicted octanol–water partition coefficient (Wildman–Crippen LogP) is 2.88. The zero-order valence-electron chi connectivity index (χ0n) is 11.4. The maximum Gasteiger partial charge on any atom is 0.0393 e. The van der Waals surface area contributed by atoms with Crippen molar-refractivity contribution >= 4 is 5.69 Å². The Balaban J connectivity index is 1.70. The first-order valence-electron chi connectivity index (χ1n) is 7.61. The van der Waals surface area contributed by atoms with Crippen molar-refractivity contribution in [3.05, 3.63) is 24.0 Å².